The molecular weight excluding hydrogens is 476 g/mol. The number of ether oxygens (including phenoxy) is 1. The first-order chi connectivity index (χ1) is 16.8. The fraction of sp³-hybridized carbons (Fsp3) is 0.346. The quantitative estimate of drug-likeness (QED) is 0.294. The minimum atomic E-state index is -0.876. The van der Waals surface area contributed by atoms with Crippen LogP contribution in [-0.2, 0) is 4.79 Å². The summed E-state index contributed by atoms with van der Waals surface area (Å²) in [6.45, 7) is 0.219. The molecule has 0 saturated heterocycles. The molecule has 1 aliphatic carbocycles. The lowest BCUT2D eigenvalue weighted by atomic mass is 9.87. The summed E-state index contributed by atoms with van der Waals surface area (Å²) in [4.78, 5) is 35.8. The SMILES string of the molecule is O=C(NCCCC(=O)c1cc(F)c(OC2CCC(C(=O)O)CC2)cc1F)c1ccc2sccc2c1. The Morgan fingerprint density at radius 2 is 1.80 bits per heavy atom. The molecular formula is C26H25F2NO5S. The molecule has 1 heterocycles. The Bertz CT molecular complexity index is 1250. The van der Waals surface area contributed by atoms with Gasteiger partial charge in [-0.25, -0.2) is 8.78 Å². The second-order valence-electron chi connectivity index (χ2n) is 8.65. The highest BCUT2D eigenvalue weighted by Crippen LogP contribution is 2.30. The third-order valence-electron chi connectivity index (χ3n) is 6.22. The lowest BCUT2D eigenvalue weighted by Gasteiger charge is -2.27. The monoisotopic (exact) mass is 501 g/mol. The van der Waals surface area contributed by atoms with Gasteiger partial charge in [0, 0.05) is 29.3 Å². The predicted octanol–water partition coefficient (Wildman–Crippen LogP) is 5.59. The Morgan fingerprint density at radius 1 is 1.03 bits per heavy atom. The number of amides is 1. The van der Waals surface area contributed by atoms with Gasteiger partial charge in [0.25, 0.3) is 5.91 Å². The third-order valence-corrected chi connectivity index (χ3v) is 7.12. The van der Waals surface area contributed by atoms with Gasteiger partial charge in [0.2, 0.25) is 0 Å². The molecule has 3 aromatic rings. The number of carbonyl (C=O) groups is 3. The summed E-state index contributed by atoms with van der Waals surface area (Å²) < 4.78 is 35.7. The maximum atomic E-state index is 14.5. The van der Waals surface area contributed by atoms with Gasteiger partial charge in [-0.05, 0) is 73.2 Å². The van der Waals surface area contributed by atoms with E-state index in [1.54, 1.807) is 23.5 Å². The van der Waals surface area contributed by atoms with Crippen molar-refractivity contribution in [3.05, 3.63) is 64.5 Å². The smallest absolute Gasteiger partial charge is 0.306 e. The largest absolute Gasteiger partial charge is 0.487 e. The van der Waals surface area contributed by atoms with Crippen molar-refractivity contribution in [1.82, 2.24) is 5.32 Å². The van der Waals surface area contributed by atoms with Gasteiger partial charge in [0.1, 0.15) is 5.82 Å². The lowest BCUT2D eigenvalue weighted by Crippen LogP contribution is -2.28. The van der Waals surface area contributed by atoms with Crippen LogP contribution in [0.4, 0.5) is 8.78 Å². The molecule has 4 rings (SSSR count). The zero-order chi connectivity index (χ0) is 24.9. The average molecular weight is 502 g/mol. The number of carboxylic acid groups (broad SMARTS) is 1. The molecule has 35 heavy (non-hydrogen) atoms. The Labute approximate surface area is 204 Å². The molecule has 2 N–H and O–H groups in total. The Morgan fingerprint density at radius 3 is 2.54 bits per heavy atom. The standard InChI is InChI=1S/C26H25F2NO5S/c27-20-14-23(34-18-6-3-15(4-7-18)26(32)33)21(28)13-19(20)22(30)2-1-10-29-25(31)17-5-8-24-16(12-17)9-11-35-24/h5,8-9,11-15,18H,1-4,6-7,10H2,(H,29,31)(H,32,33). The summed E-state index contributed by atoms with van der Waals surface area (Å²) in [6.07, 6.45) is 1.53. The number of halogens is 2. The van der Waals surface area contributed by atoms with Crippen molar-refractivity contribution in [2.75, 3.05) is 6.54 Å². The molecule has 0 spiro atoms. The number of hydrogen-bond acceptors (Lipinski definition) is 5. The van der Waals surface area contributed by atoms with Crippen molar-refractivity contribution in [2.24, 2.45) is 5.92 Å². The highest BCUT2D eigenvalue weighted by molar-refractivity contribution is 7.17. The van der Waals surface area contributed by atoms with Crippen LogP contribution in [0.5, 0.6) is 5.75 Å². The molecule has 1 fully saturated rings. The first-order valence-electron chi connectivity index (χ1n) is 11.5. The molecule has 1 amide bonds. The van der Waals surface area contributed by atoms with E-state index in [1.165, 1.54) is 0 Å². The highest BCUT2D eigenvalue weighted by atomic mass is 32.1. The third kappa shape index (κ3) is 6.03. The second kappa shape index (κ2) is 10.9. The summed E-state index contributed by atoms with van der Waals surface area (Å²) in [5, 5.41) is 14.7. The van der Waals surface area contributed by atoms with E-state index in [0.717, 1.165) is 22.2 Å². The molecule has 0 unspecified atom stereocenters. The summed E-state index contributed by atoms with van der Waals surface area (Å²) in [7, 11) is 0. The molecule has 0 aliphatic heterocycles. The molecule has 1 saturated carbocycles. The zero-order valence-electron chi connectivity index (χ0n) is 18.9. The van der Waals surface area contributed by atoms with Gasteiger partial charge < -0.3 is 15.2 Å². The number of carboxylic acids is 1. The number of hydrogen-bond donors (Lipinski definition) is 2. The molecule has 9 heteroatoms. The van der Waals surface area contributed by atoms with E-state index in [0.29, 0.717) is 31.2 Å². The Hall–Kier alpha value is -3.33. The fourth-order valence-corrected chi connectivity index (χ4v) is 5.01. The van der Waals surface area contributed by atoms with E-state index in [-0.39, 0.29) is 36.6 Å². The Balaban J connectivity index is 1.27. The first kappa shape index (κ1) is 24.8. The van der Waals surface area contributed by atoms with E-state index in [2.05, 4.69) is 5.32 Å². The Kier molecular flexibility index (Phi) is 7.75. The van der Waals surface area contributed by atoms with Crippen molar-refractivity contribution < 1.29 is 33.0 Å². The van der Waals surface area contributed by atoms with Crippen LogP contribution >= 0.6 is 11.3 Å². The van der Waals surface area contributed by atoms with Gasteiger partial charge in [0.05, 0.1) is 17.6 Å². The lowest BCUT2D eigenvalue weighted by molar-refractivity contribution is -0.143. The summed E-state index contributed by atoms with van der Waals surface area (Å²) in [5.41, 5.74) is 0.154. The van der Waals surface area contributed by atoms with E-state index < -0.39 is 35.4 Å². The van der Waals surface area contributed by atoms with Crippen LogP contribution in [0.1, 0.15) is 59.2 Å². The number of benzene rings is 2. The topological polar surface area (TPSA) is 92.7 Å². The fourth-order valence-electron chi connectivity index (χ4n) is 4.24. The summed E-state index contributed by atoms with van der Waals surface area (Å²) in [6, 6.07) is 9.05. The van der Waals surface area contributed by atoms with Gasteiger partial charge in [0.15, 0.2) is 17.3 Å². The van der Waals surface area contributed by atoms with Crippen molar-refractivity contribution in [3.63, 3.8) is 0 Å². The summed E-state index contributed by atoms with van der Waals surface area (Å²) >= 11 is 1.59. The number of rotatable bonds is 9. The molecule has 1 aromatic heterocycles. The van der Waals surface area contributed by atoms with Crippen molar-refractivity contribution in [3.8, 4) is 5.75 Å². The number of fused-ring (bicyclic) bond motifs is 1. The molecule has 184 valence electrons. The van der Waals surface area contributed by atoms with Gasteiger partial charge in [-0.3, -0.25) is 14.4 Å². The van der Waals surface area contributed by atoms with E-state index in [1.807, 2.05) is 17.5 Å². The van der Waals surface area contributed by atoms with Crippen molar-refractivity contribution in [1.29, 1.82) is 0 Å². The maximum Gasteiger partial charge on any atom is 0.306 e. The molecule has 1 aliphatic rings. The van der Waals surface area contributed by atoms with Gasteiger partial charge in [-0.15, -0.1) is 11.3 Å². The van der Waals surface area contributed by atoms with Crippen LogP contribution in [0.25, 0.3) is 10.1 Å². The van der Waals surface area contributed by atoms with E-state index >= 15 is 0 Å². The zero-order valence-corrected chi connectivity index (χ0v) is 19.7. The molecule has 0 bridgehead atoms. The van der Waals surface area contributed by atoms with Crippen molar-refractivity contribution >= 4 is 39.1 Å². The minimum absolute atomic E-state index is 0.0559. The number of aliphatic carboxylic acids is 1. The molecule has 0 atom stereocenters. The van der Waals surface area contributed by atoms with Gasteiger partial charge >= 0.3 is 5.97 Å². The second-order valence-corrected chi connectivity index (χ2v) is 9.60. The molecule has 0 radical (unpaired) electrons. The van der Waals surface area contributed by atoms with Gasteiger partial charge in [-0.2, -0.15) is 0 Å². The maximum absolute atomic E-state index is 14.5. The van der Waals surface area contributed by atoms with E-state index in [9.17, 15) is 23.2 Å². The molecule has 6 nitrogen and oxygen atoms in total. The highest BCUT2D eigenvalue weighted by Gasteiger charge is 2.28. The number of nitrogens with one attached hydrogen (secondary N) is 1. The van der Waals surface area contributed by atoms with Crippen LogP contribution < -0.4 is 10.1 Å². The van der Waals surface area contributed by atoms with Crippen LogP contribution in [0.2, 0.25) is 0 Å². The molecule has 2 aromatic carbocycles. The average Bonchev–Trinajstić information content (AvgIpc) is 3.32. The van der Waals surface area contributed by atoms with E-state index in [4.69, 9.17) is 9.84 Å². The van der Waals surface area contributed by atoms with Crippen LogP contribution in [0, 0.1) is 17.6 Å². The minimum Gasteiger partial charge on any atom is -0.487 e. The number of carbonyl (C=O) groups excluding carboxylic acids is 2. The van der Waals surface area contributed by atoms with Crippen LogP contribution in [0.3, 0.4) is 0 Å². The number of Topliss-reactive ketones (excluding diaryl/α,β-unsaturated/α-hetero) is 1. The van der Waals surface area contributed by atoms with Crippen molar-refractivity contribution in [2.45, 2.75) is 44.6 Å². The van der Waals surface area contributed by atoms with Crippen LogP contribution in [-0.4, -0.2) is 35.4 Å². The van der Waals surface area contributed by atoms with Crippen LogP contribution in [0.15, 0.2) is 41.8 Å². The predicted molar refractivity (Wildman–Crippen MR) is 128 cm³/mol. The first-order valence-corrected chi connectivity index (χ1v) is 12.4. The number of ketones is 1. The number of thiophene rings is 1. The van der Waals surface area contributed by atoms with Gasteiger partial charge in [-0.1, -0.05) is 0 Å². The normalized spacial score (nSPS) is 17.8. The summed E-state index contributed by atoms with van der Waals surface area (Å²) in [5.74, 6) is -4.13.